The molecular formula is C15H20O8. The van der Waals surface area contributed by atoms with Gasteiger partial charge in [0.2, 0.25) is 0 Å². The first-order chi connectivity index (χ1) is 10.7. The molecule has 0 N–H and O–H groups in total. The van der Waals surface area contributed by atoms with Gasteiger partial charge >= 0.3 is 23.9 Å². The highest BCUT2D eigenvalue weighted by atomic mass is 16.6. The molecule has 0 amide bonds. The van der Waals surface area contributed by atoms with Gasteiger partial charge in [-0.2, -0.15) is 0 Å². The monoisotopic (exact) mass is 328 g/mol. The van der Waals surface area contributed by atoms with Gasteiger partial charge in [-0.15, -0.1) is 0 Å². The Hall–Kier alpha value is -2.38. The van der Waals surface area contributed by atoms with Crippen LogP contribution in [0.2, 0.25) is 0 Å². The smallest absolute Gasteiger partial charge is 0.303 e. The summed E-state index contributed by atoms with van der Waals surface area (Å²) in [5.74, 6) is -2.82. The maximum atomic E-state index is 11.4. The number of hydrogen-bond acceptors (Lipinski definition) is 8. The van der Waals surface area contributed by atoms with Crippen molar-refractivity contribution >= 4 is 23.9 Å². The molecule has 1 aliphatic carbocycles. The van der Waals surface area contributed by atoms with Gasteiger partial charge in [-0.1, -0.05) is 6.08 Å². The summed E-state index contributed by atoms with van der Waals surface area (Å²) in [6, 6.07) is 0. The summed E-state index contributed by atoms with van der Waals surface area (Å²) >= 11 is 0. The lowest BCUT2D eigenvalue weighted by molar-refractivity contribution is -0.186. The van der Waals surface area contributed by atoms with E-state index in [2.05, 4.69) is 0 Å². The topological polar surface area (TPSA) is 105 Å². The molecule has 0 aliphatic heterocycles. The summed E-state index contributed by atoms with van der Waals surface area (Å²) in [7, 11) is 0. The zero-order chi connectivity index (χ0) is 17.6. The van der Waals surface area contributed by atoms with Gasteiger partial charge in [-0.05, 0) is 6.08 Å². The molecular weight excluding hydrogens is 308 g/mol. The van der Waals surface area contributed by atoms with Gasteiger partial charge in [0.05, 0.1) is 5.92 Å². The fourth-order valence-electron chi connectivity index (χ4n) is 2.24. The van der Waals surface area contributed by atoms with Crippen LogP contribution in [0, 0.1) is 5.92 Å². The molecule has 0 unspecified atom stereocenters. The molecule has 0 heterocycles. The predicted molar refractivity (Wildman–Crippen MR) is 75.9 cm³/mol. The van der Waals surface area contributed by atoms with Crippen molar-refractivity contribution in [3.8, 4) is 0 Å². The molecule has 4 atom stereocenters. The number of carbonyl (C=O) groups is 4. The Labute approximate surface area is 133 Å². The molecule has 1 aliphatic rings. The van der Waals surface area contributed by atoms with Crippen LogP contribution in [0.4, 0.5) is 0 Å². The number of esters is 4. The first-order valence-electron chi connectivity index (χ1n) is 7.04. The summed E-state index contributed by atoms with van der Waals surface area (Å²) in [6.45, 7) is 4.79. The van der Waals surface area contributed by atoms with E-state index in [-0.39, 0.29) is 6.61 Å². The average molecular weight is 328 g/mol. The lowest BCUT2D eigenvalue weighted by atomic mass is 9.88. The van der Waals surface area contributed by atoms with Gasteiger partial charge in [-0.25, -0.2) is 0 Å². The van der Waals surface area contributed by atoms with E-state index < -0.39 is 48.1 Å². The lowest BCUT2D eigenvalue weighted by Crippen LogP contribution is -2.50. The highest BCUT2D eigenvalue weighted by Crippen LogP contribution is 2.27. The van der Waals surface area contributed by atoms with Crippen LogP contribution in [-0.2, 0) is 38.1 Å². The van der Waals surface area contributed by atoms with Crippen LogP contribution in [0.25, 0.3) is 0 Å². The van der Waals surface area contributed by atoms with Gasteiger partial charge < -0.3 is 18.9 Å². The van der Waals surface area contributed by atoms with Crippen molar-refractivity contribution in [1.29, 1.82) is 0 Å². The SMILES string of the molecule is CC(=O)OC[C@H]1C=C[C@H](OC(C)=O)[C@@H](OC(C)=O)[C@@H]1OC(C)=O. The van der Waals surface area contributed by atoms with Crippen molar-refractivity contribution in [3.05, 3.63) is 12.2 Å². The molecule has 0 aromatic carbocycles. The van der Waals surface area contributed by atoms with Gasteiger partial charge in [0.15, 0.2) is 18.3 Å². The average Bonchev–Trinajstić information content (AvgIpc) is 2.39. The summed E-state index contributed by atoms with van der Waals surface area (Å²) in [5.41, 5.74) is 0. The maximum absolute atomic E-state index is 11.4. The van der Waals surface area contributed by atoms with E-state index >= 15 is 0 Å². The predicted octanol–water partition coefficient (Wildman–Crippen LogP) is 0.531. The highest BCUT2D eigenvalue weighted by molar-refractivity contribution is 5.69. The van der Waals surface area contributed by atoms with E-state index in [1.54, 1.807) is 6.08 Å². The second kappa shape index (κ2) is 8.30. The van der Waals surface area contributed by atoms with E-state index in [0.717, 1.165) is 0 Å². The third-order valence-electron chi connectivity index (χ3n) is 3.00. The molecule has 23 heavy (non-hydrogen) atoms. The number of rotatable bonds is 5. The molecule has 0 radical (unpaired) electrons. The summed E-state index contributed by atoms with van der Waals surface area (Å²) in [6.07, 6.45) is 0.262. The van der Waals surface area contributed by atoms with Crippen LogP contribution in [0.3, 0.4) is 0 Å². The second-order valence-electron chi connectivity index (χ2n) is 5.07. The Balaban J connectivity index is 3.06. The third-order valence-corrected chi connectivity index (χ3v) is 3.00. The zero-order valence-electron chi connectivity index (χ0n) is 13.4. The molecule has 0 saturated carbocycles. The van der Waals surface area contributed by atoms with E-state index in [1.807, 2.05) is 0 Å². The normalized spacial score (nSPS) is 26.1. The van der Waals surface area contributed by atoms with Gasteiger partial charge in [-0.3, -0.25) is 19.2 Å². The minimum atomic E-state index is -1.02. The number of hydrogen-bond donors (Lipinski definition) is 0. The van der Waals surface area contributed by atoms with Gasteiger partial charge in [0.1, 0.15) is 6.61 Å². The molecule has 128 valence electrons. The Kier molecular flexibility index (Phi) is 6.74. The second-order valence-corrected chi connectivity index (χ2v) is 5.07. The Bertz CT molecular complexity index is 510. The first kappa shape index (κ1) is 18.7. The number of carbonyl (C=O) groups excluding carboxylic acids is 4. The van der Waals surface area contributed by atoms with Crippen molar-refractivity contribution in [2.75, 3.05) is 6.61 Å². The fraction of sp³-hybridized carbons (Fsp3) is 0.600. The summed E-state index contributed by atoms with van der Waals surface area (Å²) < 4.78 is 20.4. The Morgan fingerprint density at radius 3 is 1.74 bits per heavy atom. The van der Waals surface area contributed by atoms with Crippen molar-refractivity contribution in [2.45, 2.75) is 46.0 Å². The van der Waals surface area contributed by atoms with E-state index in [1.165, 1.54) is 33.8 Å². The molecule has 0 bridgehead atoms. The van der Waals surface area contributed by atoms with Gasteiger partial charge in [0, 0.05) is 27.7 Å². The van der Waals surface area contributed by atoms with E-state index in [9.17, 15) is 19.2 Å². The van der Waals surface area contributed by atoms with E-state index in [0.29, 0.717) is 0 Å². The van der Waals surface area contributed by atoms with Crippen LogP contribution in [0.5, 0.6) is 0 Å². The molecule has 8 heteroatoms. The molecule has 0 spiro atoms. The molecule has 0 aromatic rings. The van der Waals surface area contributed by atoms with Crippen LogP contribution in [-0.4, -0.2) is 48.8 Å². The Morgan fingerprint density at radius 1 is 0.739 bits per heavy atom. The minimum Gasteiger partial charge on any atom is -0.465 e. The van der Waals surface area contributed by atoms with Crippen molar-refractivity contribution in [1.82, 2.24) is 0 Å². The van der Waals surface area contributed by atoms with Crippen LogP contribution in [0.1, 0.15) is 27.7 Å². The van der Waals surface area contributed by atoms with Crippen molar-refractivity contribution < 1.29 is 38.1 Å². The van der Waals surface area contributed by atoms with Crippen LogP contribution >= 0.6 is 0 Å². The molecule has 1 rings (SSSR count). The van der Waals surface area contributed by atoms with Crippen LogP contribution < -0.4 is 0 Å². The molecule has 0 saturated heterocycles. The Morgan fingerprint density at radius 2 is 1.26 bits per heavy atom. The van der Waals surface area contributed by atoms with E-state index in [4.69, 9.17) is 18.9 Å². The lowest BCUT2D eigenvalue weighted by Gasteiger charge is -2.37. The van der Waals surface area contributed by atoms with Crippen molar-refractivity contribution in [2.24, 2.45) is 5.92 Å². The largest absolute Gasteiger partial charge is 0.465 e. The number of ether oxygens (including phenoxy) is 4. The maximum Gasteiger partial charge on any atom is 0.303 e. The molecule has 8 nitrogen and oxygen atoms in total. The fourth-order valence-corrected chi connectivity index (χ4v) is 2.24. The zero-order valence-corrected chi connectivity index (χ0v) is 13.4. The molecule has 0 fully saturated rings. The third kappa shape index (κ3) is 6.09. The first-order valence-corrected chi connectivity index (χ1v) is 7.04. The standard InChI is InChI=1S/C15H20O8/c1-8(16)20-7-12-5-6-13(21-9(2)17)15(23-11(4)19)14(12)22-10(3)18/h5-6,12-15H,7H2,1-4H3/t12-,13+,14-,15-/m1/s1. The van der Waals surface area contributed by atoms with Crippen molar-refractivity contribution in [3.63, 3.8) is 0 Å². The molecule has 0 aromatic heterocycles. The highest BCUT2D eigenvalue weighted by Gasteiger charge is 2.43. The van der Waals surface area contributed by atoms with Gasteiger partial charge in [0.25, 0.3) is 0 Å². The van der Waals surface area contributed by atoms with Crippen LogP contribution in [0.15, 0.2) is 12.2 Å². The quantitative estimate of drug-likeness (QED) is 0.409. The minimum absolute atomic E-state index is 0.0612. The summed E-state index contributed by atoms with van der Waals surface area (Å²) in [4.78, 5) is 44.9. The summed E-state index contributed by atoms with van der Waals surface area (Å²) in [5, 5.41) is 0.